The number of hydrogen-bond acceptors (Lipinski definition) is 2. The van der Waals surface area contributed by atoms with Crippen LogP contribution >= 0.6 is 0 Å². The summed E-state index contributed by atoms with van der Waals surface area (Å²) in [6.45, 7) is 3.73. The molecule has 0 unspecified atom stereocenters. The zero-order valence-corrected chi connectivity index (χ0v) is 12.4. The molecule has 0 aliphatic heterocycles. The first-order valence-electron chi connectivity index (χ1n) is 7.25. The molecule has 0 fully saturated rings. The highest BCUT2D eigenvalue weighted by Gasteiger charge is 2.05. The lowest BCUT2D eigenvalue weighted by Gasteiger charge is -2.04. The van der Waals surface area contributed by atoms with E-state index in [0.717, 1.165) is 22.3 Å². The molecule has 0 N–H and O–H groups in total. The summed E-state index contributed by atoms with van der Waals surface area (Å²) in [5.74, 6) is 0.313. The van der Waals surface area contributed by atoms with E-state index in [-0.39, 0.29) is 11.6 Å². The Kier molecular flexibility index (Phi) is 5.04. The van der Waals surface area contributed by atoms with Gasteiger partial charge in [0, 0.05) is 30.4 Å². The molecule has 0 amide bonds. The first kappa shape index (κ1) is 15.2. The molecule has 0 aromatic heterocycles. The lowest BCUT2D eigenvalue weighted by atomic mass is 10.00. The SMILES string of the molecule is CCC(=O)c1ccc([CH]c2ccc(C(=O)CC)cc2)cc1. The summed E-state index contributed by atoms with van der Waals surface area (Å²) in [7, 11) is 0. The number of ketones is 2. The van der Waals surface area contributed by atoms with Gasteiger partial charge in [-0.05, 0) is 11.1 Å². The second-order valence-electron chi connectivity index (χ2n) is 4.94. The molecule has 0 atom stereocenters. The molecule has 0 bridgehead atoms. The summed E-state index contributed by atoms with van der Waals surface area (Å²) in [5, 5.41) is 0. The highest BCUT2D eigenvalue weighted by Crippen LogP contribution is 2.15. The van der Waals surface area contributed by atoms with E-state index in [0.29, 0.717) is 12.8 Å². The topological polar surface area (TPSA) is 34.1 Å². The van der Waals surface area contributed by atoms with Gasteiger partial charge in [0.1, 0.15) is 0 Å². The van der Waals surface area contributed by atoms with Gasteiger partial charge in [0.05, 0.1) is 0 Å². The molecule has 0 saturated carbocycles. The Morgan fingerprint density at radius 1 is 0.714 bits per heavy atom. The van der Waals surface area contributed by atoms with Gasteiger partial charge in [-0.1, -0.05) is 62.4 Å². The van der Waals surface area contributed by atoms with Gasteiger partial charge in [0.2, 0.25) is 0 Å². The lowest BCUT2D eigenvalue weighted by Crippen LogP contribution is -1.97. The van der Waals surface area contributed by atoms with E-state index in [1.54, 1.807) is 0 Å². The Morgan fingerprint density at radius 3 is 1.33 bits per heavy atom. The van der Waals surface area contributed by atoms with Gasteiger partial charge in [-0.2, -0.15) is 0 Å². The summed E-state index contributed by atoms with van der Waals surface area (Å²) in [4.78, 5) is 23.1. The largest absolute Gasteiger partial charge is 0.294 e. The van der Waals surface area contributed by atoms with Crippen molar-refractivity contribution in [3.8, 4) is 0 Å². The summed E-state index contributed by atoms with van der Waals surface area (Å²) >= 11 is 0. The maximum Gasteiger partial charge on any atom is 0.162 e. The van der Waals surface area contributed by atoms with Gasteiger partial charge in [-0.25, -0.2) is 0 Å². The highest BCUT2D eigenvalue weighted by molar-refractivity contribution is 5.96. The van der Waals surface area contributed by atoms with Crippen LogP contribution in [0.4, 0.5) is 0 Å². The van der Waals surface area contributed by atoms with Crippen molar-refractivity contribution in [3.05, 3.63) is 77.2 Å². The number of carbonyl (C=O) groups excluding carboxylic acids is 2. The second kappa shape index (κ2) is 6.98. The number of hydrogen-bond donors (Lipinski definition) is 0. The molecule has 107 valence electrons. The van der Waals surface area contributed by atoms with Crippen LogP contribution in [0.25, 0.3) is 0 Å². The van der Waals surface area contributed by atoms with E-state index >= 15 is 0 Å². The molecule has 0 heterocycles. The van der Waals surface area contributed by atoms with Crippen LogP contribution in [-0.4, -0.2) is 11.6 Å². The van der Waals surface area contributed by atoms with E-state index in [2.05, 4.69) is 0 Å². The average Bonchev–Trinajstić information content (AvgIpc) is 2.55. The predicted octanol–water partition coefficient (Wildman–Crippen LogP) is 4.47. The van der Waals surface area contributed by atoms with Crippen molar-refractivity contribution >= 4 is 11.6 Å². The molecular weight excluding hydrogens is 260 g/mol. The fourth-order valence-corrected chi connectivity index (χ4v) is 2.13. The lowest BCUT2D eigenvalue weighted by molar-refractivity contribution is 0.0980. The third kappa shape index (κ3) is 3.88. The maximum atomic E-state index is 11.6. The predicted molar refractivity (Wildman–Crippen MR) is 84.6 cm³/mol. The van der Waals surface area contributed by atoms with Crippen LogP contribution in [0.1, 0.15) is 58.5 Å². The molecular formula is C19H19O2. The second-order valence-corrected chi connectivity index (χ2v) is 4.94. The number of carbonyl (C=O) groups is 2. The van der Waals surface area contributed by atoms with Crippen LogP contribution in [-0.2, 0) is 0 Å². The van der Waals surface area contributed by atoms with Crippen molar-refractivity contribution in [1.82, 2.24) is 0 Å². The van der Waals surface area contributed by atoms with Gasteiger partial charge in [-0.3, -0.25) is 9.59 Å². The number of Topliss-reactive ketones (excluding diaryl/α,β-unsaturated/α-hetero) is 2. The van der Waals surface area contributed by atoms with Crippen molar-refractivity contribution in [1.29, 1.82) is 0 Å². The quantitative estimate of drug-likeness (QED) is 0.731. The molecule has 0 saturated heterocycles. The van der Waals surface area contributed by atoms with E-state index in [9.17, 15) is 9.59 Å². The fraction of sp³-hybridized carbons (Fsp3) is 0.211. The smallest absolute Gasteiger partial charge is 0.162 e. The molecule has 0 aliphatic rings. The van der Waals surface area contributed by atoms with E-state index in [1.165, 1.54) is 0 Å². The fourth-order valence-electron chi connectivity index (χ4n) is 2.13. The van der Waals surface area contributed by atoms with Crippen LogP contribution in [0.5, 0.6) is 0 Å². The summed E-state index contributed by atoms with van der Waals surface area (Å²) in [6, 6.07) is 15.2. The Morgan fingerprint density at radius 2 is 1.05 bits per heavy atom. The van der Waals surface area contributed by atoms with Crippen LogP contribution in [0.3, 0.4) is 0 Å². The van der Waals surface area contributed by atoms with Crippen LogP contribution in [0.15, 0.2) is 48.5 Å². The Labute approximate surface area is 125 Å². The van der Waals surface area contributed by atoms with Crippen molar-refractivity contribution in [2.24, 2.45) is 0 Å². The van der Waals surface area contributed by atoms with Crippen LogP contribution in [0.2, 0.25) is 0 Å². The normalized spacial score (nSPS) is 10.4. The number of benzene rings is 2. The summed E-state index contributed by atoms with van der Waals surface area (Å²) in [5.41, 5.74) is 3.58. The van der Waals surface area contributed by atoms with E-state index < -0.39 is 0 Å². The molecule has 2 nitrogen and oxygen atoms in total. The molecule has 21 heavy (non-hydrogen) atoms. The molecule has 2 aromatic carbocycles. The van der Waals surface area contributed by atoms with Gasteiger partial charge >= 0.3 is 0 Å². The summed E-state index contributed by atoms with van der Waals surface area (Å²) in [6.07, 6.45) is 3.08. The van der Waals surface area contributed by atoms with Gasteiger partial charge in [-0.15, -0.1) is 0 Å². The van der Waals surface area contributed by atoms with Crippen molar-refractivity contribution < 1.29 is 9.59 Å². The van der Waals surface area contributed by atoms with Gasteiger partial charge < -0.3 is 0 Å². The molecule has 1 radical (unpaired) electrons. The average molecular weight is 279 g/mol. The van der Waals surface area contributed by atoms with Crippen LogP contribution in [0, 0.1) is 6.42 Å². The monoisotopic (exact) mass is 279 g/mol. The maximum absolute atomic E-state index is 11.6. The highest BCUT2D eigenvalue weighted by atomic mass is 16.1. The summed E-state index contributed by atoms with van der Waals surface area (Å²) < 4.78 is 0. The van der Waals surface area contributed by atoms with Crippen molar-refractivity contribution in [2.75, 3.05) is 0 Å². The first-order valence-corrected chi connectivity index (χ1v) is 7.25. The molecule has 2 rings (SSSR count). The minimum Gasteiger partial charge on any atom is -0.294 e. The van der Waals surface area contributed by atoms with Gasteiger partial charge in [0.15, 0.2) is 11.6 Å². The standard InChI is InChI=1S/C19H19O2/c1-3-18(20)16-9-5-14(6-10-16)13-15-7-11-17(12-8-15)19(21)4-2/h5-13H,3-4H2,1-2H3. The van der Waals surface area contributed by atoms with Crippen LogP contribution < -0.4 is 0 Å². The minimum atomic E-state index is 0.156. The minimum absolute atomic E-state index is 0.156. The third-order valence-electron chi connectivity index (χ3n) is 3.44. The first-order chi connectivity index (χ1) is 10.1. The van der Waals surface area contributed by atoms with Crippen molar-refractivity contribution in [3.63, 3.8) is 0 Å². The molecule has 0 aliphatic carbocycles. The Balaban J connectivity index is 2.08. The number of rotatable bonds is 6. The molecule has 2 aromatic rings. The molecule has 0 spiro atoms. The Hall–Kier alpha value is -2.22. The Bertz CT molecular complexity index is 564. The van der Waals surface area contributed by atoms with E-state index in [1.807, 2.05) is 68.8 Å². The van der Waals surface area contributed by atoms with E-state index in [4.69, 9.17) is 0 Å². The zero-order chi connectivity index (χ0) is 15.2. The zero-order valence-electron chi connectivity index (χ0n) is 12.4. The van der Waals surface area contributed by atoms with Gasteiger partial charge in [0.25, 0.3) is 0 Å². The third-order valence-corrected chi connectivity index (χ3v) is 3.44. The van der Waals surface area contributed by atoms with Crippen molar-refractivity contribution in [2.45, 2.75) is 26.7 Å². The molecule has 2 heteroatoms.